The molecule has 1 unspecified atom stereocenters. The third-order valence-electron chi connectivity index (χ3n) is 2.72. The van der Waals surface area contributed by atoms with Crippen molar-refractivity contribution in [3.8, 4) is 0 Å². The Morgan fingerprint density at radius 1 is 1.52 bits per heavy atom. The topological polar surface area (TPSA) is 71.8 Å². The highest BCUT2D eigenvalue weighted by atomic mass is 35.5. The van der Waals surface area contributed by atoms with Crippen LogP contribution in [0.25, 0.3) is 0 Å². The van der Waals surface area contributed by atoms with Gasteiger partial charge in [0.15, 0.2) is 0 Å². The maximum absolute atomic E-state index is 12.0. The molecular weight excluding hydrogens is 310 g/mol. The first-order chi connectivity index (χ1) is 10.1. The van der Waals surface area contributed by atoms with Crippen molar-refractivity contribution in [2.45, 2.75) is 24.4 Å². The predicted octanol–water partition coefficient (Wildman–Crippen LogP) is 2.86. The van der Waals surface area contributed by atoms with Gasteiger partial charge in [-0.3, -0.25) is 4.68 Å². The number of amides is 2. The molecule has 0 fully saturated rings. The van der Waals surface area contributed by atoms with E-state index < -0.39 is 0 Å². The van der Waals surface area contributed by atoms with Crippen LogP contribution in [-0.2, 0) is 6.54 Å². The molecule has 0 aliphatic carbocycles. The Morgan fingerprint density at radius 2 is 2.33 bits per heavy atom. The summed E-state index contributed by atoms with van der Waals surface area (Å²) in [5.41, 5.74) is 0.695. The van der Waals surface area contributed by atoms with Crippen molar-refractivity contribution in [2.75, 3.05) is 11.6 Å². The lowest BCUT2D eigenvalue weighted by Crippen LogP contribution is -2.38. The lowest BCUT2D eigenvalue weighted by atomic mass is 10.3. The Kier molecular flexibility index (Phi) is 5.46. The van der Waals surface area contributed by atoms with Crippen molar-refractivity contribution in [2.24, 2.45) is 0 Å². The highest BCUT2D eigenvalue weighted by molar-refractivity contribution is 7.98. The standard InChI is InChI=1S/C13H16ClN5OS/c1-9(6-19-8-15-7-16-19)17-13(20)18-11-5-3-4-10(14)12(11)21-2/h3-5,7-9H,6H2,1-2H3,(H2,17,18,20). The number of carbonyl (C=O) groups excluding carboxylic acids is 1. The molecule has 8 heteroatoms. The number of thioether (sulfide) groups is 1. The summed E-state index contributed by atoms with van der Waals surface area (Å²) in [7, 11) is 0. The molecule has 0 bridgehead atoms. The molecule has 0 radical (unpaired) electrons. The second-order valence-corrected chi connectivity index (χ2v) is 5.66. The molecule has 0 saturated heterocycles. The molecule has 0 spiro atoms. The van der Waals surface area contributed by atoms with E-state index in [9.17, 15) is 4.79 Å². The van der Waals surface area contributed by atoms with Gasteiger partial charge in [0, 0.05) is 10.9 Å². The largest absolute Gasteiger partial charge is 0.334 e. The normalized spacial score (nSPS) is 12.0. The van der Waals surface area contributed by atoms with Gasteiger partial charge in [-0.2, -0.15) is 5.10 Å². The molecule has 1 atom stereocenters. The minimum absolute atomic E-state index is 0.0800. The van der Waals surface area contributed by atoms with E-state index in [0.29, 0.717) is 17.3 Å². The minimum Gasteiger partial charge on any atom is -0.334 e. The molecule has 0 aliphatic rings. The molecular formula is C13H16ClN5OS. The number of hydrogen-bond donors (Lipinski definition) is 2. The summed E-state index contributed by atoms with van der Waals surface area (Å²) in [6, 6.07) is 5.06. The van der Waals surface area contributed by atoms with Crippen LogP contribution < -0.4 is 10.6 Å². The number of aromatic nitrogens is 3. The van der Waals surface area contributed by atoms with Gasteiger partial charge >= 0.3 is 6.03 Å². The van der Waals surface area contributed by atoms with Crippen LogP contribution in [-0.4, -0.2) is 33.1 Å². The second-order valence-electron chi connectivity index (χ2n) is 4.44. The molecule has 1 aromatic heterocycles. The van der Waals surface area contributed by atoms with E-state index in [1.54, 1.807) is 23.1 Å². The van der Waals surface area contributed by atoms with Gasteiger partial charge in [-0.25, -0.2) is 9.78 Å². The van der Waals surface area contributed by atoms with Crippen LogP contribution >= 0.6 is 23.4 Å². The minimum atomic E-state index is -0.278. The highest BCUT2D eigenvalue weighted by Crippen LogP contribution is 2.32. The van der Waals surface area contributed by atoms with Crippen molar-refractivity contribution >= 4 is 35.1 Å². The van der Waals surface area contributed by atoms with Crippen LogP contribution in [0.4, 0.5) is 10.5 Å². The number of carbonyl (C=O) groups is 1. The number of halogens is 1. The van der Waals surface area contributed by atoms with Crippen LogP contribution in [0.3, 0.4) is 0 Å². The van der Waals surface area contributed by atoms with Gasteiger partial charge in [-0.1, -0.05) is 17.7 Å². The fraction of sp³-hybridized carbons (Fsp3) is 0.308. The first-order valence-corrected chi connectivity index (χ1v) is 7.93. The monoisotopic (exact) mass is 325 g/mol. The van der Waals surface area contributed by atoms with Crippen molar-refractivity contribution in [3.63, 3.8) is 0 Å². The lowest BCUT2D eigenvalue weighted by molar-refractivity contribution is 0.247. The van der Waals surface area contributed by atoms with Gasteiger partial charge in [0.25, 0.3) is 0 Å². The predicted molar refractivity (Wildman–Crippen MR) is 84.9 cm³/mol. The summed E-state index contributed by atoms with van der Waals surface area (Å²) >= 11 is 7.59. The molecule has 1 heterocycles. The quantitative estimate of drug-likeness (QED) is 0.829. The number of nitrogens with zero attached hydrogens (tertiary/aromatic N) is 3. The van der Waals surface area contributed by atoms with Gasteiger partial charge in [0.1, 0.15) is 12.7 Å². The van der Waals surface area contributed by atoms with Crippen molar-refractivity contribution in [3.05, 3.63) is 35.9 Å². The SMILES string of the molecule is CSc1c(Cl)cccc1NC(=O)NC(C)Cn1cncn1. The molecule has 0 saturated carbocycles. The second kappa shape index (κ2) is 7.33. The Balaban J connectivity index is 1.94. The van der Waals surface area contributed by atoms with E-state index in [1.807, 2.05) is 19.2 Å². The van der Waals surface area contributed by atoms with E-state index in [4.69, 9.17) is 11.6 Å². The average Bonchev–Trinajstić information content (AvgIpc) is 2.91. The summed E-state index contributed by atoms with van der Waals surface area (Å²) < 4.78 is 1.66. The first kappa shape index (κ1) is 15.7. The number of benzene rings is 1. The van der Waals surface area contributed by atoms with Crippen LogP contribution in [0.2, 0.25) is 5.02 Å². The average molecular weight is 326 g/mol. The van der Waals surface area contributed by atoms with Crippen LogP contribution in [0, 0.1) is 0 Å². The number of anilines is 1. The molecule has 2 rings (SSSR count). The zero-order chi connectivity index (χ0) is 15.2. The fourth-order valence-corrected chi connectivity index (χ4v) is 2.86. The van der Waals surface area contributed by atoms with Gasteiger partial charge in [-0.05, 0) is 25.3 Å². The Bertz CT molecular complexity index is 605. The Labute approximate surface area is 132 Å². The number of hydrogen-bond acceptors (Lipinski definition) is 4. The summed E-state index contributed by atoms with van der Waals surface area (Å²) in [6.07, 6.45) is 4.99. The van der Waals surface area contributed by atoms with E-state index in [2.05, 4.69) is 20.7 Å². The van der Waals surface area contributed by atoms with Crippen molar-refractivity contribution < 1.29 is 4.79 Å². The summed E-state index contributed by atoms with van der Waals surface area (Å²) in [5.74, 6) is 0. The number of rotatable bonds is 5. The molecule has 2 aromatic rings. The fourth-order valence-electron chi connectivity index (χ4n) is 1.85. The van der Waals surface area contributed by atoms with E-state index in [0.717, 1.165) is 4.90 Å². The van der Waals surface area contributed by atoms with Gasteiger partial charge in [0.05, 0.1) is 17.3 Å². The van der Waals surface area contributed by atoms with Gasteiger partial charge < -0.3 is 10.6 Å². The smallest absolute Gasteiger partial charge is 0.319 e. The molecule has 2 amide bonds. The van der Waals surface area contributed by atoms with Crippen molar-refractivity contribution in [1.82, 2.24) is 20.1 Å². The summed E-state index contributed by atoms with van der Waals surface area (Å²) in [5, 5.41) is 10.3. The zero-order valence-corrected chi connectivity index (χ0v) is 13.3. The van der Waals surface area contributed by atoms with Crippen LogP contribution in [0.1, 0.15) is 6.92 Å². The molecule has 6 nitrogen and oxygen atoms in total. The Hall–Kier alpha value is -1.73. The molecule has 21 heavy (non-hydrogen) atoms. The van der Waals surface area contributed by atoms with Gasteiger partial charge in [0.2, 0.25) is 0 Å². The maximum Gasteiger partial charge on any atom is 0.319 e. The van der Waals surface area contributed by atoms with E-state index in [1.165, 1.54) is 18.1 Å². The maximum atomic E-state index is 12.0. The first-order valence-electron chi connectivity index (χ1n) is 6.32. The van der Waals surface area contributed by atoms with Gasteiger partial charge in [-0.15, -0.1) is 11.8 Å². The molecule has 2 N–H and O–H groups in total. The number of nitrogens with one attached hydrogen (secondary N) is 2. The summed E-state index contributed by atoms with van der Waals surface area (Å²) in [4.78, 5) is 16.7. The van der Waals surface area contributed by atoms with Crippen molar-refractivity contribution in [1.29, 1.82) is 0 Å². The van der Waals surface area contributed by atoms with E-state index >= 15 is 0 Å². The van der Waals surface area contributed by atoms with Crippen LogP contribution in [0.5, 0.6) is 0 Å². The third kappa shape index (κ3) is 4.37. The zero-order valence-electron chi connectivity index (χ0n) is 11.7. The summed E-state index contributed by atoms with van der Waals surface area (Å²) in [6.45, 7) is 2.45. The highest BCUT2D eigenvalue weighted by Gasteiger charge is 2.11. The van der Waals surface area contributed by atoms with Crippen LogP contribution in [0.15, 0.2) is 35.7 Å². The number of urea groups is 1. The molecule has 1 aromatic carbocycles. The van der Waals surface area contributed by atoms with E-state index in [-0.39, 0.29) is 12.1 Å². The molecule has 0 aliphatic heterocycles. The Morgan fingerprint density at radius 3 is 3.00 bits per heavy atom. The third-order valence-corrected chi connectivity index (χ3v) is 4.00. The lowest BCUT2D eigenvalue weighted by Gasteiger charge is -2.16. The molecule has 112 valence electrons.